The molecule has 48 heavy (non-hydrogen) atoms. The van der Waals surface area contributed by atoms with Gasteiger partial charge in [0.2, 0.25) is 0 Å². The Bertz CT molecular complexity index is 1810. The minimum absolute atomic E-state index is 0.209. The van der Waals surface area contributed by atoms with Crippen LogP contribution in [0.25, 0.3) is 33.4 Å². The number of rotatable bonds is 5. The first-order valence-electron chi connectivity index (χ1n) is 16.7. The number of nitrogens with one attached hydrogen (secondary N) is 1. The molecule has 4 aromatic rings. The van der Waals surface area contributed by atoms with Crippen molar-refractivity contribution in [1.29, 1.82) is 0 Å². The number of thiazole rings is 1. The fourth-order valence-corrected chi connectivity index (χ4v) is 8.10. The van der Waals surface area contributed by atoms with Crippen molar-refractivity contribution in [1.82, 2.24) is 29.9 Å². The molecule has 1 saturated heterocycles. The average molecular weight is 674 g/mol. The number of cyclic esters (lactones) is 1. The molecule has 0 spiro atoms. The highest BCUT2D eigenvalue weighted by atomic mass is 32.1. The molecule has 1 fully saturated rings. The van der Waals surface area contributed by atoms with Gasteiger partial charge in [-0.1, -0.05) is 19.9 Å². The van der Waals surface area contributed by atoms with Gasteiger partial charge in [0.1, 0.15) is 17.1 Å². The van der Waals surface area contributed by atoms with E-state index in [2.05, 4.69) is 55.0 Å². The first kappa shape index (κ1) is 34.2. The fourth-order valence-electron chi connectivity index (χ4n) is 7.03. The largest absolute Gasteiger partial charge is 0.464 e. The van der Waals surface area contributed by atoms with Crippen LogP contribution in [0.2, 0.25) is 0 Å². The van der Waals surface area contributed by atoms with Crippen LogP contribution in [0.5, 0.6) is 0 Å². The van der Waals surface area contributed by atoms with Crippen LogP contribution in [0.15, 0.2) is 41.9 Å². The summed E-state index contributed by atoms with van der Waals surface area (Å²) < 4.78 is 14.1. The number of nitrogens with two attached hydrogens (primary N) is 1. The predicted octanol–water partition coefficient (Wildman–Crippen LogP) is 5.11. The average Bonchev–Trinajstić information content (AvgIpc) is 3.68. The molecular formula is C36H47N7O4S. The standard InChI is InChI=1S/C36H47N7O4S/c1-8-42-28-14-13-22-17-24(28)25(31(42)23-11-9-15-38-30(23)21(2)46-7)18-36(3,4)20-47-35(45)26-12-10-16-43(40-26)34(44)29(37)32(41(5)6)33-39-27(22)19-48-33/h9,11,13-15,17,19,21,26,29,32,40H,8,10,12,16,18,20,37H2,1-7H3/t21-,26-,29-,32?/m0/s1. The third-order valence-corrected chi connectivity index (χ3v) is 10.5. The van der Waals surface area contributed by atoms with Crippen molar-refractivity contribution in [2.75, 3.05) is 34.4 Å². The zero-order chi connectivity index (χ0) is 34.3. The zero-order valence-corrected chi connectivity index (χ0v) is 29.8. The minimum atomic E-state index is -0.891. The number of ether oxygens (including phenoxy) is 2. The van der Waals surface area contributed by atoms with Gasteiger partial charge in [-0.2, -0.15) is 0 Å². The molecule has 3 N–H and O–H groups in total. The molecule has 0 saturated carbocycles. The van der Waals surface area contributed by atoms with Crippen molar-refractivity contribution >= 4 is 34.1 Å². The lowest BCUT2D eigenvalue weighted by molar-refractivity contribution is -0.155. The molecule has 6 rings (SSSR count). The summed E-state index contributed by atoms with van der Waals surface area (Å²) in [4.78, 5) is 39.0. The molecule has 2 aliphatic rings. The summed E-state index contributed by atoms with van der Waals surface area (Å²) in [5.41, 5.74) is 16.4. The summed E-state index contributed by atoms with van der Waals surface area (Å²) in [6.07, 6.45) is 3.48. The van der Waals surface area contributed by atoms with Gasteiger partial charge in [-0.3, -0.25) is 24.5 Å². The van der Waals surface area contributed by atoms with E-state index >= 15 is 0 Å². The third-order valence-electron chi connectivity index (χ3n) is 9.57. The summed E-state index contributed by atoms with van der Waals surface area (Å²) >= 11 is 1.50. The van der Waals surface area contributed by atoms with Gasteiger partial charge in [0.05, 0.1) is 35.8 Å². The Morgan fingerprint density at radius 2 is 2.04 bits per heavy atom. The maximum atomic E-state index is 13.7. The molecule has 256 valence electrons. The quantitative estimate of drug-likeness (QED) is 0.278. The highest BCUT2D eigenvalue weighted by Gasteiger charge is 2.38. The SMILES string of the molecule is CCn1c(-c2cccnc2[C@H](C)OC)c2c3cc(ccc31)-c1csc(n1)C(N(C)C)[C@H](N)C(=O)N1CCC[C@H](N1)C(=O)OCC(C)(C)C2. The molecule has 6 bridgehead atoms. The number of likely N-dealkylation sites (N-methyl/N-ethyl adjacent to an activating group) is 1. The van der Waals surface area contributed by atoms with Gasteiger partial charge in [0, 0.05) is 59.2 Å². The molecule has 0 radical (unpaired) electrons. The van der Waals surface area contributed by atoms with Crippen LogP contribution in [-0.4, -0.2) is 82.8 Å². The highest BCUT2D eigenvalue weighted by Crippen LogP contribution is 2.42. The summed E-state index contributed by atoms with van der Waals surface area (Å²) in [5.74, 6) is -0.646. The van der Waals surface area contributed by atoms with Gasteiger partial charge in [0.25, 0.3) is 5.91 Å². The minimum Gasteiger partial charge on any atom is -0.464 e. The lowest BCUT2D eigenvalue weighted by atomic mass is 9.84. The lowest BCUT2D eigenvalue weighted by Crippen LogP contribution is -2.60. The molecule has 0 aliphatic carbocycles. The number of esters is 1. The number of hydrogen-bond donors (Lipinski definition) is 2. The molecule has 1 unspecified atom stereocenters. The predicted molar refractivity (Wildman–Crippen MR) is 188 cm³/mol. The first-order chi connectivity index (χ1) is 22.9. The van der Waals surface area contributed by atoms with E-state index in [4.69, 9.17) is 25.2 Å². The van der Waals surface area contributed by atoms with Crippen LogP contribution in [0, 0.1) is 5.41 Å². The second-order valence-electron chi connectivity index (χ2n) is 13.9. The Hall–Kier alpha value is -3.68. The molecule has 2 aliphatic heterocycles. The summed E-state index contributed by atoms with van der Waals surface area (Å²) in [5, 5.41) is 5.40. The molecule has 5 heterocycles. The number of aromatic nitrogens is 3. The van der Waals surface area contributed by atoms with E-state index in [-0.39, 0.29) is 24.6 Å². The van der Waals surface area contributed by atoms with Crippen molar-refractivity contribution in [3.63, 3.8) is 0 Å². The number of benzene rings is 1. The lowest BCUT2D eigenvalue weighted by Gasteiger charge is -2.37. The van der Waals surface area contributed by atoms with Gasteiger partial charge in [-0.25, -0.2) is 10.4 Å². The third kappa shape index (κ3) is 6.39. The number of carbonyl (C=O) groups excluding carboxylic acids is 2. The van der Waals surface area contributed by atoms with Crippen LogP contribution < -0.4 is 11.2 Å². The Morgan fingerprint density at radius 1 is 1.25 bits per heavy atom. The number of hydrogen-bond acceptors (Lipinski definition) is 10. The molecule has 12 heteroatoms. The van der Waals surface area contributed by atoms with Crippen LogP contribution in [0.1, 0.15) is 68.9 Å². The second-order valence-corrected chi connectivity index (χ2v) is 14.8. The van der Waals surface area contributed by atoms with Crippen LogP contribution in [0.4, 0.5) is 0 Å². The number of amides is 1. The Labute approximate surface area is 286 Å². The van der Waals surface area contributed by atoms with E-state index in [1.165, 1.54) is 16.3 Å². The molecule has 3 aromatic heterocycles. The number of nitrogens with zero attached hydrogens (tertiary/aromatic N) is 5. The number of pyridine rings is 1. The van der Waals surface area contributed by atoms with Crippen molar-refractivity contribution in [3.8, 4) is 22.5 Å². The van der Waals surface area contributed by atoms with Crippen LogP contribution >= 0.6 is 11.3 Å². The number of fused-ring (bicyclic) bond motifs is 6. The second kappa shape index (κ2) is 13.7. The molecular weight excluding hydrogens is 627 g/mol. The Balaban J connectivity index is 1.56. The summed E-state index contributed by atoms with van der Waals surface area (Å²) in [7, 11) is 5.51. The highest BCUT2D eigenvalue weighted by molar-refractivity contribution is 7.10. The normalized spacial score (nSPS) is 22.5. The first-order valence-corrected chi connectivity index (χ1v) is 17.6. The zero-order valence-electron chi connectivity index (χ0n) is 28.9. The molecule has 1 amide bonds. The number of methoxy groups -OCH3 is 1. The van der Waals surface area contributed by atoms with Crippen molar-refractivity contribution < 1.29 is 19.1 Å². The van der Waals surface area contributed by atoms with Crippen LogP contribution in [0.3, 0.4) is 0 Å². The van der Waals surface area contributed by atoms with E-state index in [9.17, 15) is 9.59 Å². The van der Waals surface area contributed by atoms with Gasteiger partial charge in [-0.15, -0.1) is 11.3 Å². The van der Waals surface area contributed by atoms with E-state index < -0.39 is 23.5 Å². The van der Waals surface area contributed by atoms with E-state index in [1.807, 2.05) is 43.6 Å². The summed E-state index contributed by atoms with van der Waals surface area (Å²) in [6.45, 7) is 9.84. The van der Waals surface area contributed by atoms with Crippen molar-refractivity contribution in [3.05, 3.63) is 58.2 Å². The molecule has 4 atom stereocenters. The number of carbonyl (C=O) groups is 2. The van der Waals surface area contributed by atoms with E-state index in [0.717, 1.165) is 56.2 Å². The van der Waals surface area contributed by atoms with Crippen molar-refractivity contribution in [2.45, 2.75) is 77.7 Å². The van der Waals surface area contributed by atoms with Gasteiger partial charge < -0.3 is 19.8 Å². The fraction of sp³-hybridized carbons (Fsp3) is 0.500. The Morgan fingerprint density at radius 3 is 2.77 bits per heavy atom. The summed E-state index contributed by atoms with van der Waals surface area (Å²) in [6, 6.07) is 8.60. The maximum Gasteiger partial charge on any atom is 0.324 e. The topological polar surface area (TPSA) is 128 Å². The van der Waals surface area contributed by atoms with E-state index in [0.29, 0.717) is 25.8 Å². The smallest absolute Gasteiger partial charge is 0.324 e. The molecule has 1 aromatic carbocycles. The molecule has 11 nitrogen and oxygen atoms in total. The number of hydrazine groups is 1. The number of aryl methyl sites for hydroxylation is 1. The Kier molecular flexibility index (Phi) is 9.74. The van der Waals surface area contributed by atoms with Gasteiger partial charge in [0.15, 0.2) is 0 Å². The monoisotopic (exact) mass is 673 g/mol. The van der Waals surface area contributed by atoms with Gasteiger partial charge >= 0.3 is 5.97 Å². The van der Waals surface area contributed by atoms with Crippen LogP contribution in [-0.2, 0) is 32.0 Å². The van der Waals surface area contributed by atoms with E-state index in [1.54, 1.807) is 7.11 Å². The maximum absolute atomic E-state index is 13.7. The van der Waals surface area contributed by atoms with Crippen molar-refractivity contribution in [2.24, 2.45) is 11.1 Å². The van der Waals surface area contributed by atoms with Gasteiger partial charge in [-0.05, 0) is 77.0 Å².